The third kappa shape index (κ3) is 2.81. The molecule has 19 heavy (non-hydrogen) atoms. The third-order valence-corrected chi connectivity index (χ3v) is 3.76. The van der Waals surface area contributed by atoms with Crippen molar-refractivity contribution in [1.82, 2.24) is 5.32 Å². The van der Waals surface area contributed by atoms with Gasteiger partial charge >= 0.3 is 5.92 Å². The molecule has 1 fully saturated rings. The summed E-state index contributed by atoms with van der Waals surface area (Å²) in [6.45, 7) is 0.0322. The fourth-order valence-electron chi connectivity index (χ4n) is 1.93. The van der Waals surface area contributed by atoms with E-state index >= 15 is 0 Å². The first-order valence-corrected chi connectivity index (χ1v) is 6.77. The van der Waals surface area contributed by atoms with Crippen LogP contribution in [0, 0.1) is 0 Å². The van der Waals surface area contributed by atoms with Crippen LogP contribution in [0.25, 0.3) is 0 Å². The van der Waals surface area contributed by atoms with Crippen LogP contribution in [0.5, 0.6) is 0 Å². The van der Waals surface area contributed by atoms with Crippen LogP contribution in [-0.2, 0) is 11.2 Å². The number of hydrogen-bond acceptors (Lipinski definition) is 3. The van der Waals surface area contributed by atoms with E-state index in [1.165, 1.54) is 0 Å². The topological polar surface area (TPSA) is 62.5 Å². The zero-order valence-corrected chi connectivity index (χ0v) is 11.7. The number of carbonyl (C=O) groups excluding carboxylic acids is 1. The fraction of sp³-hybridized carbons (Fsp3) is 0.583. The van der Waals surface area contributed by atoms with Crippen LogP contribution >= 0.6 is 15.9 Å². The van der Waals surface area contributed by atoms with Crippen LogP contribution in [-0.4, -0.2) is 29.1 Å². The Bertz CT molecular complexity index is 471. The molecule has 1 saturated carbocycles. The first-order valence-electron chi connectivity index (χ1n) is 5.98. The van der Waals surface area contributed by atoms with Gasteiger partial charge < -0.3 is 14.8 Å². The largest absolute Gasteiger partial charge is 0.454 e. The molecule has 1 heterocycles. The van der Waals surface area contributed by atoms with Crippen molar-refractivity contribution in [2.45, 2.75) is 37.2 Å². The second kappa shape index (κ2) is 5.20. The maximum atomic E-state index is 13.7. The minimum atomic E-state index is -3.74. The van der Waals surface area contributed by atoms with Gasteiger partial charge in [0, 0.05) is 13.0 Å². The molecule has 0 unspecified atom stereocenters. The second-order valence-corrected chi connectivity index (χ2v) is 5.45. The third-order valence-electron chi connectivity index (χ3n) is 3.34. The normalized spacial score (nSPS) is 17.9. The molecule has 1 aliphatic rings. The summed E-state index contributed by atoms with van der Waals surface area (Å²) in [5, 5.41) is 11.7. The van der Waals surface area contributed by atoms with Crippen molar-refractivity contribution >= 4 is 21.8 Å². The maximum absolute atomic E-state index is 13.7. The van der Waals surface area contributed by atoms with Crippen molar-refractivity contribution in [2.24, 2.45) is 0 Å². The van der Waals surface area contributed by atoms with Crippen LogP contribution in [0.2, 0.25) is 0 Å². The molecule has 1 amide bonds. The molecule has 0 spiro atoms. The summed E-state index contributed by atoms with van der Waals surface area (Å²) in [7, 11) is 0. The summed E-state index contributed by atoms with van der Waals surface area (Å²) in [6.07, 6.45) is 0.739. The molecule has 0 radical (unpaired) electrons. The van der Waals surface area contributed by atoms with E-state index in [0.717, 1.165) is 0 Å². The highest BCUT2D eigenvalue weighted by atomic mass is 79.9. The smallest absolute Gasteiger partial charge is 0.352 e. The van der Waals surface area contributed by atoms with Gasteiger partial charge in [0.15, 0.2) is 4.67 Å². The Labute approximate surface area is 117 Å². The number of furan rings is 1. The van der Waals surface area contributed by atoms with Gasteiger partial charge in [-0.1, -0.05) is 0 Å². The van der Waals surface area contributed by atoms with Crippen molar-refractivity contribution in [3.8, 4) is 0 Å². The number of hydrogen-bond donors (Lipinski definition) is 2. The van der Waals surface area contributed by atoms with Crippen molar-refractivity contribution in [1.29, 1.82) is 0 Å². The van der Waals surface area contributed by atoms with Gasteiger partial charge in [0.1, 0.15) is 11.4 Å². The van der Waals surface area contributed by atoms with Crippen molar-refractivity contribution < 1.29 is 23.1 Å². The number of rotatable bonds is 5. The highest BCUT2D eigenvalue weighted by molar-refractivity contribution is 9.10. The molecule has 0 aliphatic heterocycles. The lowest BCUT2D eigenvalue weighted by Crippen LogP contribution is -2.60. The summed E-state index contributed by atoms with van der Waals surface area (Å²) < 4.78 is 33.1. The summed E-state index contributed by atoms with van der Waals surface area (Å²) >= 11 is 3.12. The predicted octanol–water partition coefficient (Wildman–Crippen LogP) is 2.25. The Hall–Kier alpha value is -0.950. The minimum absolute atomic E-state index is 0.0322. The SMILES string of the molecule is O=C(NCCc1ccc(Br)o1)C(F)(F)C1(O)CCC1. The Morgan fingerprint density at radius 1 is 1.53 bits per heavy atom. The monoisotopic (exact) mass is 337 g/mol. The van der Waals surface area contributed by atoms with E-state index in [1.54, 1.807) is 12.1 Å². The second-order valence-electron chi connectivity index (χ2n) is 4.67. The van der Waals surface area contributed by atoms with E-state index in [0.29, 0.717) is 23.3 Å². The highest BCUT2D eigenvalue weighted by Gasteiger charge is 2.60. The van der Waals surface area contributed by atoms with Crippen LogP contribution in [0.4, 0.5) is 8.78 Å². The van der Waals surface area contributed by atoms with Gasteiger partial charge in [-0.15, -0.1) is 0 Å². The van der Waals surface area contributed by atoms with Gasteiger partial charge in [-0.25, -0.2) is 0 Å². The van der Waals surface area contributed by atoms with Crippen molar-refractivity contribution in [3.05, 3.63) is 22.6 Å². The molecule has 4 nitrogen and oxygen atoms in total. The molecule has 0 bridgehead atoms. The minimum Gasteiger partial charge on any atom is -0.454 e. The van der Waals surface area contributed by atoms with Crippen LogP contribution in [0.1, 0.15) is 25.0 Å². The first-order chi connectivity index (χ1) is 8.85. The summed E-state index contributed by atoms with van der Waals surface area (Å²) in [4.78, 5) is 11.4. The van der Waals surface area contributed by atoms with Gasteiger partial charge in [0.2, 0.25) is 0 Å². The average molecular weight is 338 g/mol. The van der Waals surface area contributed by atoms with Gasteiger partial charge in [0.05, 0.1) is 0 Å². The fourth-order valence-corrected chi connectivity index (χ4v) is 2.27. The van der Waals surface area contributed by atoms with Crippen molar-refractivity contribution in [3.63, 3.8) is 0 Å². The van der Waals surface area contributed by atoms with E-state index < -0.39 is 17.4 Å². The number of halogens is 3. The number of aliphatic hydroxyl groups is 1. The molecule has 0 saturated heterocycles. The molecule has 0 aromatic carbocycles. The summed E-state index contributed by atoms with van der Waals surface area (Å²) in [6, 6.07) is 3.37. The Balaban J connectivity index is 1.84. The first kappa shape index (κ1) is 14.5. The Morgan fingerprint density at radius 3 is 2.68 bits per heavy atom. The molecule has 106 valence electrons. The van der Waals surface area contributed by atoms with Crippen LogP contribution < -0.4 is 5.32 Å². The molecule has 2 rings (SSSR count). The van der Waals surface area contributed by atoms with E-state index in [9.17, 15) is 18.7 Å². The quantitative estimate of drug-likeness (QED) is 0.866. The van der Waals surface area contributed by atoms with E-state index in [2.05, 4.69) is 21.2 Å². The maximum Gasteiger partial charge on any atom is 0.352 e. The Kier molecular flexibility index (Phi) is 3.96. The molecular formula is C12H14BrF2NO3. The highest BCUT2D eigenvalue weighted by Crippen LogP contribution is 2.44. The van der Waals surface area contributed by atoms with E-state index in [4.69, 9.17) is 4.42 Å². The molecule has 1 aliphatic carbocycles. The lowest BCUT2D eigenvalue weighted by Gasteiger charge is -2.41. The molecule has 7 heteroatoms. The number of alkyl halides is 2. The molecule has 1 aromatic heterocycles. The zero-order chi connectivity index (χ0) is 14.1. The Morgan fingerprint density at radius 2 is 2.21 bits per heavy atom. The van der Waals surface area contributed by atoms with Crippen LogP contribution in [0.15, 0.2) is 21.2 Å². The van der Waals surface area contributed by atoms with Crippen molar-refractivity contribution in [2.75, 3.05) is 6.54 Å². The summed E-state index contributed by atoms with van der Waals surface area (Å²) in [5.74, 6) is -4.59. The van der Waals surface area contributed by atoms with E-state index in [-0.39, 0.29) is 19.4 Å². The van der Waals surface area contributed by atoms with E-state index in [1.807, 2.05) is 0 Å². The standard InChI is InChI=1S/C12H14BrF2NO3/c13-9-3-2-8(19-9)4-7-16-10(17)12(14,15)11(18)5-1-6-11/h2-3,18H,1,4-7H2,(H,16,17). The van der Waals surface area contributed by atoms with Gasteiger partial charge in [-0.05, 0) is 47.3 Å². The number of amides is 1. The van der Waals surface area contributed by atoms with Gasteiger partial charge in [-0.2, -0.15) is 8.78 Å². The molecular weight excluding hydrogens is 324 g/mol. The number of nitrogens with one attached hydrogen (secondary N) is 1. The number of carbonyl (C=O) groups is 1. The zero-order valence-electron chi connectivity index (χ0n) is 10.1. The summed E-state index contributed by atoms with van der Waals surface area (Å²) in [5.41, 5.74) is -2.18. The lowest BCUT2D eigenvalue weighted by molar-refractivity contribution is -0.215. The predicted molar refractivity (Wildman–Crippen MR) is 66.9 cm³/mol. The van der Waals surface area contributed by atoms with Crippen LogP contribution in [0.3, 0.4) is 0 Å². The molecule has 0 atom stereocenters. The van der Waals surface area contributed by atoms with Gasteiger partial charge in [-0.3, -0.25) is 4.79 Å². The molecule has 1 aromatic rings. The lowest BCUT2D eigenvalue weighted by atomic mass is 9.75. The average Bonchev–Trinajstić information content (AvgIpc) is 2.71. The van der Waals surface area contributed by atoms with Gasteiger partial charge in [0.25, 0.3) is 5.91 Å². The molecule has 2 N–H and O–H groups in total.